The van der Waals surface area contributed by atoms with E-state index in [0.717, 1.165) is 0 Å². The van der Waals surface area contributed by atoms with Gasteiger partial charge in [0.15, 0.2) is 0 Å². The lowest BCUT2D eigenvalue weighted by Gasteiger charge is -2.01. The normalized spacial score (nSPS) is 11.9. The summed E-state index contributed by atoms with van der Waals surface area (Å²) in [7, 11) is 0. The molecule has 0 aromatic rings. The van der Waals surface area contributed by atoms with Gasteiger partial charge in [0, 0.05) is 0 Å². The predicted molar refractivity (Wildman–Crippen MR) is 117 cm³/mol. The second kappa shape index (κ2) is 23.5. The van der Waals surface area contributed by atoms with Crippen LogP contribution in [0.3, 0.4) is 0 Å². The zero-order valence-corrected chi connectivity index (χ0v) is 17.7. The van der Waals surface area contributed by atoms with Crippen molar-refractivity contribution in [3.05, 3.63) is 24.3 Å². The minimum atomic E-state index is 1.29. The fourth-order valence-corrected chi connectivity index (χ4v) is 3.26. The van der Waals surface area contributed by atoms with Gasteiger partial charge in [-0.25, -0.2) is 0 Å². The van der Waals surface area contributed by atoms with E-state index in [1.807, 2.05) is 0 Å². The molecule has 0 spiro atoms. The molecule has 0 aliphatic heterocycles. The first-order valence-electron chi connectivity index (χ1n) is 11.7. The SMILES string of the molecule is CCCCC/C=C/CCCCCCCCCCC/C=C/CCCCC. The molecule has 0 aromatic carbocycles. The van der Waals surface area contributed by atoms with Gasteiger partial charge < -0.3 is 0 Å². The number of rotatable bonds is 20. The fourth-order valence-electron chi connectivity index (χ4n) is 3.26. The van der Waals surface area contributed by atoms with Crippen LogP contribution in [0, 0.1) is 0 Å². The Morgan fingerprint density at radius 2 is 0.560 bits per heavy atom. The maximum atomic E-state index is 2.41. The quantitative estimate of drug-likeness (QED) is 0.152. The van der Waals surface area contributed by atoms with Crippen molar-refractivity contribution in [3.8, 4) is 0 Å². The van der Waals surface area contributed by atoms with Crippen molar-refractivity contribution >= 4 is 0 Å². The number of hydrogen-bond donors (Lipinski definition) is 0. The highest BCUT2D eigenvalue weighted by Gasteiger charge is 1.92. The molecule has 148 valence electrons. The van der Waals surface area contributed by atoms with Crippen LogP contribution < -0.4 is 0 Å². The van der Waals surface area contributed by atoms with E-state index < -0.39 is 0 Å². The number of unbranched alkanes of at least 4 members (excludes halogenated alkanes) is 16. The average Bonchev–Trinajstić information content (AvgIpc) is 2.63. The Bertz CT molecular complexity index is 246. The largest absolute Gasteiger partial charge is 0.0885 e. The van der Waals surface area contributed by atoms with Crippen LogP contribution in [0.1, 0.15) is 136 Å². The monoisotopic (exact) mass is 348 g/mol. The predicted octanol–water partition coefficient (Wildman–Crippen LogP) is 9.55. The van der Waals surface area contributed by atoms with E-state index in [9.17, 15) is 0 Å². The Balaban J connectivity index is 3.07. The van der Waals surface area contributed by atoms with E-state index in [-0.39, 0.29) is 0 Å². The standard InChI is InChI=1S/C25H48/c1-3-5-7-9-11-13-15-17-19-21-23-25-24-22-20-18-16-14-12-10-8-6-4-2/h11-14H,3-10,15-25H2,1-2H3/b13-11+,14-12+. The van der Waals surface area contributed by atoms with Crippen molar-refractivity contribution in [2.45, 2.75) is 136 Å². The summed E-state index contributed by atoms with van der Waals surface area (Å²) in [4.78, 5) is 0. The van der Waals surface area contributed by atoms with Gasteiger partial charge in [0.05, 0.1) is 0 Å². The minimum Gasteiger partial charge on any atom is -0.0885 e. The van der Waals surface area contributed by atoms with Gasteiger partial charge in [0.1, 0.15) is 0 Å². The summed E-state index contributed by atoms with van der Waals surface area (Å²) in [6, 6.07) is 0. The highest BCUT2D eigenvalue weighted by atomic mass is 14.0. The zero-order valence-electron chi connectivity index (χ0n) is 17.7. The van der Waals surface area contributed by atoms with Crippen LogP contribution in [-0.2, 0) is 0 Å². The molecule has 0 saturated heterocycles. The third kappa shape index (κ3) is 23.5. The van der Waals surface area contributed by atoms with Crippen LogP contribution in [0.25, 0.3) is 0 Å². The average molecular weight is 349 g/mol. The number of hydrogen-bond acceptors (Lipinski definition) is 0. The van der Waals surface area contributed by atoms with Crippen molar-refractivity contribution in [2.24, 2.45) is 0 Å². The Kier molecular flexibility index (Phi) is 23.0. The molecule has 0 radical (unpaired) electrons. The summed E-state index contributed by atoms with van der Waals surface area (Å²) in [5, 5.41) is 0. The van der Waals surface area contributed by atoms with Crippen molar-refractivity contribution in [1.29, 1.82) is 0 Å². The molecule has 0 amide bonds. The summed E-state index contributed by atoms with van der Waals surface area (Å²) in [6.45, 7) is 4.55. The summed E-state index contributed by atoms with van der Waals surface area (Å²) in [5.74, 6) is 0. The summed E-state index contributed by atoms with van der Waals surface area (Å²) in [5.41, 5.74) is 0. The van der Waals surface area contributed by atoms with E-state index in [1.54, 1.807) is 0 Å². The smallest absolute Gasteiger partial charge is 0.0351 e. The molecule has 25 heavy (non-hydrogen) atoms. The Morgan fingerprint density at radius 3 is 0.840 bits per heavy atom. The van der Waals surface area contributed by atoms with Gasteiger partial charge in [-0.05, 0) is 51.4 Å². The van der Waals surface area contributed by atoms with Gasteiger partial charge in [-0.2, -0.15) is 0 Å². The van der Waals surface area contributed by atoms with Crippen molar-refractivity contribution in [3.63, 3.8) is 0 Å². The third-order valence-corrected chi connectivity index (χ3v) is 5.02. The van der Waals surface area contributed by atoms with E-state index in [4.69, 9.17) is 0 Å². The highest BCUT2D eigenvalue weighted by Crippen LogP contribution is 2.12. The minimum absolute atomic E-state index is 1.29. The first-order chi connectivity index (χ1) is 12.4. The van der Waals surface area contributed by atoms with Gasteiger partial charge in [0.2, 0.25) is 0 Å². The molecule has 0 unspecified atom stereocenters. The maximum Gasteiger partial charge on any atom is -0.0351 e. The van der Waals surface area contributed by atoms with Crippen molar-refractivity contribution < 1.29 is 0 Å². The molecule has 0 N–H and O–H groups in total. The van der Waals surface area contributed by atoms with Crippen LogP contribution >= 0.6 is 0 Å². The third-order valence-electron chi connectivity index (χ3n) is 5.02. The molecule has 0 rings (SSSR count). The van der Waals surface area contributed by atoms with Gasteiger partial charge in [-0.3, -0.25) is 0 Å². The molecule has 0 bridgehead atoms. The van der Waals surface area contributed by atoms with Gasteiger partial charge in [-0.1, -0.05) is 109 Å². The molecule has 0 nitrogen and oxygen atoms in total. The van der Waals surface area contributed by atoms with E-state index >= 15 is 0 Å². The van der Waals surface area contributed by atoms with Crippen LogP contribution in [0.4, 0.5) is 0 Å². The molecule has 0 aliphatic carbocycles. The highest BCUT2D eigenvalue weighted by molar-refractivity contribution is 4.81. The van der Waals surface area contributed by atoms with Crippen LogP contribution in [0.5, 0.6) is 0 Å². The molecule has 0 aliphatic rings. The molecule has 0 atom stereocenters. The molecule has 0 saturated carbocycles. The maximum absolute atomic E-state index is 2.41. The molecular formula is C25H48. The van der Waals surface area contributed by atoms with E-state index in [0.29, 0.717) is 0 Å². The molecule has 0 aromatic heterocycles. The van der Waals surface area contributed by atoms with Gasteiger partial charge >= 0.3 is 0 Å². The lowest BCUT2D eigenvalue weighted by Crippen LogP contribution is -1.81. The second-order valence-electron chi connectivity index (χ2n) is 7.69. The Labute approximate surface area is 160 Å². The fraction of sp³-hybridized carbons (Fsp3) is 0.840. The van der Waals surface area contributed by atoms with Gasteiger partial charge in [0.25, 0.3) is 0 Å². The lowest BCUT2D eigenvalue weighted by molar-refractivity contribution is 0.561. The van der Waals surface area contributed by atoms with Crippen LogP contribution in [0.15, 0.2) is 24.3 Å². The zero-order chi connectivity index (χ0) is 18.3. The van der Waals surface area contributed by atoms with E-state index in [2.05, 4.69) is 38.2 Å². The Hall–Kier alpha value is -0.520. The summed E-state index contributed by atoms with van der Waals surface area (Å²) < 4.78 is 0. The van der Waals surface area contributed by atoms with Gasteiger partial charge in [-0.15, -0.1) is 0 Å². The van der Waals surface area contributed by atoms with Crippen LogP contribution in [-0.4, -0.2) is 0 Å². The molecule has 0 fully saturated rings. The summed E-state index contributed by atoms with van der Waals surface area (Å²) >= 11 is 0. The molecule has 0 heteroatoms. The molecular weight excluding hydrogens is 300 g/mol. The summed E-state index contributed by atoms with van der Waals surface area (Å²) in [6.07, 6.45) is 35.9. The first-order valence-corrected chi connectivity index (χ1v) is 11.7. The van der Waals surface area contributed by atoms with Crippen molar-refractivity contribution in [2.75, 3.05) is 0 Å². The lowest BCUT2D eigenvalue weighted by atomic mass is 10.1. The Morgan fingerprint density at radius 1 is 0.320 bits per heavy atom. The van der Waals surface area contributed by atoms with Crippen molar-refractivity contribution in [1.82, 2.24) is 0 Å². The number of allylic oxidation sites excluding steroid dienone is 4. The first kappa shape index (κ1) is 24.5. The van der Waals surface area contributed by atoms with Crippen LogP contribution in [0.2, 0.25) is 0 Å². The second-order valence-corrected chi connectivity index (χ2v) is 7.69. The molecule has 0 heterocycles. The topological polar surface area (TPSA) is 0 Å². The van der Waals surface area contributed by atoms with E-state index in [1.165, 1.54) is 122 Å².